The summed E-state index contributed by atoms with van der Waals surface area (Å²) in [5.74, 6) is -1.28. The number of hydrogen-bond donors (Lipinski definition) is 1. The Kier molecular flexibility index (Phi) is 4.43. The quantitative estimate of drug-likeness (QED) is 0.925. The Morgan fingerprint density at radius 2 is 1.84 bits per heavy atom. The molecule has 0 unspecified atom stereocenters. The first-order valence-electron chi connectivity index (χ1n) is 8.08. The summed E-state index contributed by atoms with van der Waals surface area (Å²) in [7, 11) is 0. The van der Waals surface area contributed by atoms with Crippen molar-refractivity contribution in [2.24, 2.45) is 5.73 Å². The van der Waals surface area contributed by atoms with Crippen LogP contribution >= 0.6 is 0 Å². The zero-order valence-corrected chi connectivity index (χ0v) is 14.2. The summed E-state index contributed by atoms with van der Waals surface area (Å²) in [6.45, 7) is 3.45. The molecule has 0 saturated carbocycles. The number of hydrogen-bond acceptors (Lipinski definition) is 2. The molecule has 2 aromatic carbocycles. The molecule has 0 saturated heterocycles. The molecule has 0 aliphatic carbocycles. The Labute approximate surface area is 145 Å². The highest BCUT2D eigenvalue weighted by Gasteiger charge is 2.37. The second kappa shape index (κ2) is 6.41. The molecule has 0 fully saturated rings. The molecular formula is C20H20F2N2O. The number of halogens is 2. The second-order valence-electron chi connectivity index (χ2n) is 6.83. The summed E-state index contributed by atoms with van der Waals surface area (Å²) < 4.78 is 27.7. The molecule has 5 heteroatoms. The van der Waals surface area contributed by atoms with Crippen LogP contribution in [0.1, 0.15) is 31.0 Å². The van der Waals surface area contributed by atoms with Crippen LogP contribution in [0, 0.1) is 11.6 Å². The molecule has 25 heavy (non-hydrogen) atoms. The third-order valence-electron chi connectivity index (χ3n) is 4.26. The van der Waals surface area contributed by atoms with Crippen molar-refractivity contribution in [3.8, 4) is 0 Å². The van der Waals surface area contributed by atoms with E-state index in [4.69, 9.17) is 5.73 Å². The molecule has 0 radical (unpaired) electrons. The van der Waals surface area contributed by atoms with Crippen molar-refractivity contribution >= 4 is 11.5 Å². The van der Waals surface area contributed by atoms with E-state index >= 15 is 0 Å². The summed E-state index contributed by atoms with van der Waals surface area (Å²) in [4.78, 5) is 14.4. The number of nitrogens with zero attached hydrogens (tertiary/aromatic N) is 1. The van der Waals surface area contributed by atoms with Crippen molar-refractivity contribution in [2.75, 3.05) is 6.54 Å². The zero-order chi connectivity index (χ0) is 18.2. The van der Waals surface area contributed by atoms with E-state index in [0.717, 1.165) is 23.8 Å². The van der Waals surface area contributed by atoms with E-state index in [1.807, 2.05) is 30.3 Å². The van der Waals surface area contributed by atoms with Crippen LogP contribution in [0.5, 0.6) is 0 Å². The van der Waals surface area contributed by atoms with Crippen molar-refractivity contribution in [3.05, 3.63) is 77.4 Å². The maximum atomic E-state index is 14.2. The first kappa shape index (κ1) is 17.3. The van der Waals surface area contributed by atoms with Gasteiger partial charge in [-0.2, -0.15) is 0 Å². The van der Waals surface area contributed by atoms with Gasteiger partial charge in [-0.15, -0.1) is 0 Å². The standard InChI is InChI=1S/C20H20F2N2O/c1-20(2,23)19(25)24-12-14(16-11-15(21)8-9-17(16)22)10-18(24)13-6-4-3-5-7-13/h3-11,18H,12,23H2,1-2H3/t18-/m0/s1. The lowest BCUT2D eigenvalue weighted by atomic mass is 10.0. The number of amides is 1. The normalized spacial score (nSPS) is 17.6. The van der Waals surface area contributed by atoms with Gasteiger partial charge in [0.15, 0.2) is 0 Å². The van der Waals surface area contributed by atoms with E-state index in [1.165, 1.54) is 0 Å². The molecule has 0 aromatic heterocycles. The van der Waals surface area contributed by atoms with E-state index in [1.54, 1.807) is 24.8 Å². The predicted octanol–water partition coefficient (Wildman–Crippen LogP) is 3.67. The van der Waals surface area contributed by atoms with Crippen LogP contribution in [0.3, 0.4) is 0 Å². The fraction of sp³-hybridized carbons (Fsp3) is 0.250. The van der Waals surface area contributed by atoms with Crippen LogP contribution in [-0.2, 0) is 4.79 Å². The molecular weight excluding hydrogens is 322 g/mol. The molecule has 0 bridgehead atoms. The number of rotatable bonds is 3. The average molecular weight is 342 g/mol. The summed E-state index contributed by atoms with van der Waals surface area (Å²) in [5.41, 5.74) is 6.57. The van der Waals surface area contributed by atoms with Gasteiger partial charge in [-0.3, -0.25) is 4.79 Å². The Morgan fingerprint density at radius 3 is 2.48 bits per heavy atom. The average Bonchev–Trinajstić information content (AvgIpc) is 3.01. The van der Waals surface area contributed by atoms with Crippen LogP contribution in [-0.4, -0.2) is 22.9 Å². The minimum atomic E-state index is -1.06. The minimum absolute atomic E-state index is 0.172. The molecule has 130 valence electrons. The predicted molar refractivity (Wildman–Crippen MR) is 93.5 cm³/mol. The molecule has 2 N–H and O–H groups in total. The van der Waals surface area contributed by atoms with Crippen LogP contribution in [0.2, 0.25) is 0 Å². The topological polar surface area (TPSA) is 46.3 Å². The van der Waals surface area contributed by atoms with Crippen LogP contribution in [0.15, 0.2) is 54.6 Å². The number of carbonyl (C=O) groups excluding carboxylic acids is 1. The Morgan fingerprint density at radius 1 is 1.16 bits per heavy atom. The second-order valence-corrected chi connectivity index (χ2v) is 6.83. The number of nitrogens with two attached hydrogens (primary N) is 1. The molecule has 2 aromatic rings. The Bertz CT molecular complexity index is 825. The van der Waals surface area contributed by atoms with E-state index < -0.39 is 17.2 Å². The van der Waals surface area contributed by atoms with Gasteiger partial charge in [-0.1, -0.05) is 36.4 Å². The summed E-state index contributed by atoms with van der Waals surface area (Å²) in [6.07, 6.45) is 1.80. The lowest BCUT2D eigenvalue weighted by molar-refractivity contribution is -0.136. The molecule has 3 nitrogen and oxygen atoms in total. The molecule has 1 heterocycles. The summed E-state index contributed by atoms with van der Waals surface area (Å²) in [5, 5.41) is 0. The number of carbonyl (C=O) groups is 1. The summed E-state index contributed by atoms with van der Waals surface area (Å²) in [6, 6.07) is 12.4. The largest absolute Gasteiger partial charge is 0.326 e. The fourth-order valence-electron chi connectivity index (χ4n) is 3.03. The SMILES string of the molecule is CC(C)(N)C(=O)N1CC(c2cc(F)ccc2F)=C[C@H]1c1ccccc1. The van der Waals surface area contributed by atoms with Gasteiger partial charge >= 0.3 is 0 Å². The Hall–Kier alpha value is -2.53. The highest BCUT2D eigenvalue weighted by molar-refractivity contribution is 5.89. The summed E-state index contributed by atoms with van der Waals surface area (Å²) >= 11 is 0. The first-order valence-corrected chi connectivity index (χ1v) is 8.08. The third kappa shape index (κ3) is 3.46. The van der Waals surface area contributed by atoms with E-state index in [-0.39, 0.29) is 24.1 Å². The van der Waals surface area contributed by atoms with Crippen molar-refractivity contribution in [3.63, 3.8) is 0 Å². The zero-order valence-electron chi connectivity index (χ0n) is 14.2. The van der Waals surface area contributed by atoms with Crippen LogP contribution < -0.4 is 5.73 Å². The van der Waals surface area contributed by atoms with Crippen molar-refractivity contribution in [2.45, 2.75) is 25.4 Å². The van der Waals surface area contributed by atoms with Crippen molar-refractivity contribution < 1.29 is 13.6 Å². The van der Waals surface area contributed by atoms with Gasteiger partial charge in [0.05, 0.1) is 11.6 Å². The Balaban J connectivity index is 2.05. The maximum absolute atomic E-state index is 14.2. The van der Waals surface area contributed by atoms with Gasteiger partial charge in [-0.05, 0) is 43.2 Å². The van der Waals surface area contributed by atoms with E-state index in [9.17, 15) is 13.6 Å². The lowest BCUT2D eigenvalue weighted by Gasteiger charge is -2.31. The highest BCUT2D eigenvalue weighted by Crippen LogP contribution is 2.36. The molecule has 1 aliphatic rings. The van der Waals surface area contributed by atoms with E-state index in [2.05, 4.69) is 0 Å². The van der Waals surface area contributed by atoms with Crippen molar-refractivity contribution in [1.29, 1.82) is 0 Å². The number of benzene rings is 2. The van der Waals surface area contributed by atoms with Crippen LogP contribution in [0.25, 0.3) is 5.57 Å². The fourth-order valence-corrected chi connectivity index (χ4v) is 3.03. The van der Waals surface area contributed by atoms with Gasteiger partial charge in [0.1, 0.15) is 11.6 Å². The monoisotopic (exact) mass is 342 g/mol. The first-order chi connectivity index (χ1) is 11.8. The molecule has 1 amide bonds. The highest BCUT2D eigenvalue weighted by atomic mass is 19.1. The lowest BCUT2D eigenvalue weighted by Crippen LogP contribution is -2.51. The molecule has 0 spiro atoms. The minimum Gasteiger partial charge on any atom is -0.326 e. The van der Waals surface area contributed by atoms with Gasteiger partial charge in [-0.25, -0.2) is 8.78 Å². The maximum Gasteiger partial charge on any atom is 0.243 e. The third-order valence-corrected chi connectivity index (χ3v) is 4.26. The van der Waals surface area contributed by atoms with Gasteiger partial charge < -0.3 is 10.6 Å². The smallest absolute Gasteiger partial charge is 0.243 e. The van der Waals surface area contributed by atoms with Crippen LogP contribution in [0.4, 0.5) is 8.78 Å². The van der Waals surface area contributed by atoms with Gasteiger partial charge in [0, 0.05) is 12.1 Å². The van der Waals surface area contributed by atoms with Gasteiger partial charge in [0.2, 0.25) is 5.91 Å². The van der Waals surface area contributed by atoms with Crippen molar-refractivity contribution in [1.82, 2.24) is 4.90 Å². The van der Waals surface area contributed by atoms with Gasteiger partial charge in [0.25, 0.3) is 0 Å². The van der Waals surface area contributed by atoms with E-state index in [0.29, 0.717) is 5.57 Å². The molecule has 1 aliphatic heterocycles. The molecule has 3 rings (SSSR count). The molecule has 1 atom stereocenters.